The summed E-state index contributed by atoms with van der Waals surface area (Å²) in [6.07, 6.45) is 6.29. The van der Waals surface area contributed by atoms with Crippen molar-refractivity contribution in [3.63, 3.8) is 0 Å². The van der Waals surface area contributed by atoms with Gasteiger partial charge in [0.2, 0.25) is 0 Å². The number of aryl methyl sites for hydroxylation is 1. The quantitative estimate of drug-likeness (QED) is 0.812. The molecule has 0 amide bonds. The summed E-state index contributed by atoms with van der Waals surface area (Å²) in [5.74, 6) is 0.863. The highest BCUT2D eigenvalue weighted by atomic mass is 15.1. The molecule has 1 fully saturated rings. The van der Waals surface area contributed by atoms with E-state index in [2.05, 4.69) is 53.4 Å². The number of anilines is 1. The van der Waals surface area contributed by atoms with Crippen molar-refractivity contribution in [3.05, 3.63) is 65.7 Å². The van der Waals surface area contributed by atoms with E-state index in [-0.39, 0.29) is 0 Å². The van der Waals surface area contributed by atoms with Gasteiger partial charge in [-0.05, 0) is 80.9 Å². The van der Waals surface area contributed by atoms with Crippen LogP contribution in [-0.2, 0) is 12.8 Å². The van der Waals surface area contributed by atoms with Crippen LogP contribution in [0.2, 0.25) is 0 Å². The molecule has 0 bridgehead atoms. The highest BCUT2D eigenvalue weighted by Crippen LogP contribution is 2.22. The largest absolute Gasteiger partial charge is 0.399 e. The number of benzene rings is 2. The Balaban J connectivity index is 1.36. The number of hydrogen-bond acceptors (Lipinski definition) is 2. The zero-order chi connectivity index (χ0) is 15.9. The third kappa shape index (κ3) is 5.11. The standard InChI is InChI=1S/C21H28N2/c22-21-10-4-8-19(17-21)9-5-13-23-14-11-20(12-15-23)16-18-6-2-1-3-7-18/h1-4,6-8,10,17,20H,5,9,11-16,22H2. The van der Waals surface area contributed by atoms with Crippen LogP contribution in [0.15, 0.2) is 54.6 Å². The van der Waals surface area contributed by atoms with E-state index in [0.29, 0.717) is 0 Å². The first-order valence-corrected chi connectivity index (χ1v) is 8.90. The van der Waals surface area contributed by atoms with Crippen LogP contribution in [0, 0.1) is 5.92 Å². The van der Waals surface area contributed by atoms with Crippen molar-refractivity contribution in [2.45, 2.75) is 32.1 Å². The van der Waals surface area contributed by atoms with E-state index in [9.17, 15) is 0 Å². The molecule has 0 spiro atoms. The van der Waals surface area contributed by atoms with E-state index in [4.69, 9.17) is 5.73 Å². The maximum atomic E-state index is 5.84. The topological polar surface area (TPSA) is 29.3 Å². The molecule has 0 saturated carbocycles. The minimum Gasteiger partial charge on any atom is -0.399 e. The van der Waals surface area contributed by atoms with Gasteiger partial charge in [-0.15, -0.1) is 0 Å². The molecule has 23 heavy (non-hydrogen) atoms. The van der Waals surface area contributed by atoms with Crippen molar-refractivity contribution in [1.29, 1.82) is 0 Å². The summed E-state index contributed by atoms with van der Waals surface area (Å²) < 4.78 is 0. The Hall–Kier alpha value is -1.80. The number of nitrogens with two attached hydrogens (primary N) is 1. The molecule has 0 atom stereocenters. The lowest BCUT2D eigenvalue weighted by Crippen LogP contribution is -2.35. The third-order valence-electron chi connectivity index (χ3n) is 4.97. The average Bonchev–Trinajstić information content (AvgIpc) is 2.58. The molecule has 0 aromatic heterocycles. The Kier molecular flexibility index (Phi) is 5.71. The lowest BCUT2D eigenvalue weighted by atomic mass is 9.90. The highest BCUT2D eigenvalue weighted by molar-refractivity contribution is 5.40. The summed E-state index contributed by atoms with van der Waals surface area (Å²) in [5, 5.41) is 0. The fourth-order valence-corrected chi connectivity index (χ4v) is 3.62. The fraction of sp³-hybridized carbons (Fsp3) is 0.429. The van der Waals surface area contributed by atoms with Crippen LogP contribution in [0.5, 0.6) is 0 Å². The maximum Gasteiger partial charge on any atom is 0.0316 e. The van der Waals surface area contributed by atoms with Crippen LogP contribution in [0.3, 0.4) is 0 Å². The molecule has 2 heteroatoms. The first-order chi connectivity index (χ1) is 11.3. The first-order valence-electron chi connectivity index (χ1n) is 8.90. The molecule has 2 aromatic carbocycles. The minimum atomic E-state index is 0.863. The number of piperidine rings is 1. The van der Waals surface area contributed by atoms with Gasteiger partial charge in [0, 0.05) is 5.69 Å². The Bertz CT molecular complexity index is 586. The number of hydrogen-bond donors (Lipinski definition) is 1. The van der Waals surface area contributed by atoms with Gasteiger partial charge in [-0.3, -0.25) is 0 Å². The Labute approximate surface area is 140 Å². The van der Waals surface area contributed by atoms with E-state index in [0.717, 1.165) is 18.0 Å². The number of nitrogen functional groups attached to an aromatic ring is 1. The van der Waals surface area contributed by atoms with Crippen LogP contribution in [0.1, 0.15) is 30.4 Å². The second-order valence-corrected chi connectivity index (χ2v) is 6.82. The van der Waals surface area contributed by atoms with Crippen molar-refractivity contribution in [2.24, 2.45) is 5.92 Å². The van der Waals surface area contributed by atoms with Crippen LogP contribution < -0.4 is 5.73 Å². The molecule has 1 saturated heterocycles. The van der Waals surface area contributed by atoms with Crippen LogP contribution in [-0.4, -0.2) is 24.5 Å². The molecular formula is C21H28N2. The van der Waals surface area contributed by atoms with Crippen molar-refractivity contribution in [2.75, 3.05) is 25.4 Å². The van der Waals surface area contributed by atoms with Crippen molar-refractivity contribution in [3.8, 4) is 0 Å². The molecular weight excluding hydrogens is 280 g/mol. The van der Waals surface area contributed by atoms with Gasteiger partial charge in [-0.25, -0.2) is 0 Å². The summed E-state index contributed by atoms with van der Waals surface area (Å²) in [7, 11) is 0. The lowest BCUT2D eigenvalue weighted by molar-refractivity contribution is 0.182. The molecule has 0 aliphatic carbocycles. The van der Waals surface area contributed by atoms with Gasteiger partial charge in [0.05, 0.1) is 0 Å². The number of rotatable bonds is 6. The number of likely N-dealkylation sites (tertiary alicyclic amines) is 1. The van der Waals surface area contributed by atoms with E-state index >= 15 is 0 Å². The van der Waals surface area contributed by atoms with Gasteiger partial charge < -0.3 is 10.6 Å². The Morgan fingerprint density at radius 3 is 2.39 bits per heavy atom. The molecule has 0 radical (unpaired) electrons. The summed E-state index contributed by atoms with van der Waals surface area (Å²) >= 11 is 0. The van der Waals surface area contributed by atoms with Gasteiger partial charge in [-0.2, -0.15) is 0 Å². The Morgan fingerprint density at radius 2 is 1.65 bits per heavy atom. The second kappa shape index (κ2) is 8.16. The molecule has 0 unspecified atom stereocenters. The average molecular weight is 308 g/mol. The van der Waals surface area contributed by atoms with E-state index in [1.807, 2.05) is 6.07 Å². The van der Waals surface area contributed by atoms with Crippen LogP contribution in [0.25, 0.3) is 0 Å². The molecule has 1 aliphatic rings. The van der Waals surface area contributed by atoms with Crippen molar-refractivity contribution < 1.29 is 0 Å². The van der Waals surface area contributed by atoms with E-state index < -0.39 is 0 Å². The maximum absolute atomic E-state index is 5.84. The summed E-state index contributed by atoms with van der Waals surface area (Å²) in [6, 6.07) is 19.2. The highest BCUT2D eigenvalue weighted by Gasteiger charge is 2.18. The van der Waals surface area contributed by atoms with Crippen LogP contribution >= 0.6 is 0 Å². The molecule has 2 aromatic rings. The number of nitrogens with zero attached hydrogens (tertiary/aromatic N) is 1. The van der Waals surface area contributed by atoms with Gasteiger partial charge >= 0.3 is 0 Å². The summed E-state index contributed by atoms with van der Waals surface area (Å²) in [4.78, 5) is 2.63. The van der Waals surface area contributed by atoms with Gasteiger partial charge in [0.25, 0.3) is 0 Å². The predicted octanol–water partition coefficient (Wildman–Crippen LogP) is 4.16. The Morgan fingerprint density at radius 1 is 0.913 bits per heavy atom. The molecule has 1 aliphatic heterocycles. The van der Waals surface area contributed by atoms with E-state index in [1.54, 1.807) is 0 Å². The smallest absolute Gasteiger partial charge is 0.0316 e. The van der Waals surface area contributed by atoms with Gasteiger partial charge in [0.15, 0.2) is 0 Å². The summed E-state index contributed by atoms with van der Waals surface area (Å²) in [6.45, 7) is 3.73. The van der Waals surface area contributed by atoms with Crippen molar-refractivity contribution in [1.82, 2.24) is 4.90 Å². The molecule has 1 heterocycles. The SMILES string of the molecule is Nc1cccc(CCCN2CCC(Cc3ccccc3)CC2)c1. The molecule has 2 nitrogen and oxygen atoms in total. The van der Waals surface area contributed by atoms with E-state index in [1.165, 1.54) is 56.4 Å². The second-order valence-electron chi connectivity index (χ2n) is 6.82. The zero-order valence-corrected chi connectivity index (χ0v) is 14.0. The molecule has 3 rings (SSSR count). The van der Waals surface area contributed by atoms with Gasteiger partial charge in [0.1, 0.15) is 0 Å². The molecule has 2 N–H and O–H groups in total. The third-order valence-corrected chi connectivity index (χ3v) is 4.97. The summed E-state index contributed by atoms with van der Waals surface area (Å²) in [5.41, 5.74) is 9.58. The zero-order valence-electron chi connectivity index (χ0n) is 14.0. The minimum absolute atomic E-state index is 0.863. The van der Waals surface area contributed by atoms with Gasteiger partial charge in [-0.1, -0.05) is 42.5 Å². The monoisotopic (exact) mass is 308 g/mol. The fourth-order valence-electron chi connectivity index (χ4n) is 3.62. The predicted molar refractivity (Wildman–Crippen MR) is 98.5 cm³/mol. The first kappa shape index (κ1) is 16.1. The lowest BCUT2D eigenvalue weighted by Gasteiger charge is -2.32. The van der Waals surface area contributed by atoms with Crippen LogP contribution in [0.4, 0.5) is 5.69 Å². The molecule has 122 valence electrons. The van der Waals surface area contributed by atoms with Crippen molar-refractivity contribution >= 4 is 5.69 Å². The normalized spacial score (nSPS) is 16.5.